The molecular weight excluding hydrogens is 227 g/mol. The molecule has 3 heteroatoms. The largest absolute Gasteiger partial charge is 0.389 e. The van der Waals surface area contributed by atoms with E-state index in [1.165, 1.54) is 0 Å². The van der Waals surface area contributed by atoms with Crippen LogP contribution in [0.5, 0.6) is 0 Å². The van der Waals surface area contributed by atoms with Crippen LogP contribution in [0.3, 0.4) is 0 Å². The van der Waals surface area contributed by atoms with Gasteiger partial charge < -0.3 is 5.11 Å². The summed E-state index contributed by atoms with van der Waals surface area (Å²) in [5.41, 5.74) is 0.745. The van der Waals surface area contributed by atoms with E-state index in [9.17, 15) is 5.11 Å². The Morgan fingerprint density at radius 2 is 2.18 bits per heavy atom. The topological polar surface area (TPSA) is 20.2 Å². The SMILES string of the molecule is CC(O)c1c(Cl)cccc1Br. The Bertz CT molecular complexity index is 240. The maximum atomic E-state index is 9.27. The molecule has 0 amide bonds. The third kappa shape index (κ3) is 1.95. The van der Waals surface area contributed by atoms with Crippen molar-refractivity contribution in [3.05, 3.63) is 33.3 Å². The number of rotatable bonds is 1. The number of benzene rings is 1. The van der Waals surface area contributed by atoms with Crippen molar-refractivity contribution in [2.75, 3.05) is 0 Å². The van der Waals surface area contributed by atoms with E-state index in [1.54, 1.807) is 13.0 Å². The van der Waals surface area contributed by atoms with Crippen LogP contribution in [-0.2, 0) is 0 Å². The number of hydrogen-bond donors (Lipinski definition) is 1. The van der Waals surface area contributed by atoms with Crippen LogP contribution in [0.15, 0.2) is 22.7 Å². The normalized spacial score (nSPS) is 13.1. The molecule has 60 valence electrons. The van der Waals surface area contributed by atoms with Crippen LogP contribution in [0.25, 0.3) is 0 Å². The van der Waals surface area contributed by atoms with Crippen molar-refractivity contribution in [3.8, 4) is 0 Å². The van der Waals surface area contributed by atoms with Crippen molar-refractivity contribution in [1.82, 2.24) is 0 Å². The Balaban J connectivity index is 3.21. The average molecular weight is 236 g/mol. The maximum absolute atomic E-state index is 9.27. The summed E-state index contributed by atoms with van der Waals surface area (Å²) in [4.78, 5) is 0. The smallest absolute Gasteiger partial charge is 0.0787 e. The molecule has 1 unspecified atom stereocenters. The van der Waals surface area contributed by atoms with E-state index in [0.717, 1.165) is 10.0 Å². The highest BCUT2D eigenvalue weighted by molar-refractivity contribution is 9.10. The molecule has 0 spiro atoms. The lowest BCUT2D eigenvalue weighted by molar-refractivity contribution is 0.198. The van der Waals surface area contributed by atoms with Crippen LogP contribution in [0, 0.1) is 0 Å². The Morgan fingerprint density at radius 1 is 1.55 bits per heavy atom. The molecule has 1 rings (SSSR count). The van der Waals surface area contributed by atoms with Gasteiger partial charge in [-0.3, -0.25) is 0 Å². The molecule has 0 radical (unpaired) electrons. The number of hydrogen-bond acceptors (Lipinski definition) is 1. The lowest BCUT2D eigenvalue weighted by atomic mass is 10.1. The number of aliphatic hydroxyl groups is 1. The van der Waals surface area contributed by atoms with E-state index < -0.39 is 6.10 Å². The van der Waals surface area contributed by atoms with Crippen LogP contribution in [-0.4, -0.2) is 5.11 Å². The van der Waals surface area contributed by atoms with Crippen molar-refractivity contribution in [3.63, 3.8) is 0 Å². The Hall–Kier alpha value is -0.0500. The second-order valence-electron chi connectivity index (χ2n) is 2.31. The first kappa shape index (κ1) is 9.04. The predicted octanol–water partition coefficient (Wildman–Crippen LogP) is 3.16. The van der Waals surface area contributed by atoms with Crippen LogP contribution >= 0.6 is 27.5 Å². The minimum absolute atomic E-state index is 0.530. The summed E-state index contributed by atoms with van der Waals surface area (Å²) in [5, 5.41) is 9.86. The lowest BCUT2D eigenvalue weighted by Gasteiger charge is -2.08. The first-order valence-electron chi connectivity index (χ1n) is 3.25. The quantitative estimate of drug-likeness (QED) is 0.793. The zero-order valence-electron chi connectivity index (χ0n) is 6.01. The summed E-state index contributed by atoms with van der Waals surface area (Å²) in [5.74, 6) is 0. The van der Waals surface area contributed by atoms with Crippen LogP contribution in [0.1, 0.15) is 18.6 Å². The van der Waals surface area contributed by atoms with Crippen molar-refractivity contribution in [2.24, 2.45) is 0 Å². The van der Waals surface area contributed by atoms with Gasteiger partial charge in [0.05, 0.1) is 6.10 Å². The monoisotopic (exact) mass is 234 g/mol. The van der Waals surface area contributed by atoms with Crippen LogP contribution < -0.4 is 0 Å². The van der Waals surface area contributed by atoms with Gasteiger partial charge in [0, 0.05) is 15.1 Å². The van der Waals surface area contributed by atoms with Gasteiger partial charge in [-0.25, -0.2) is 0 Å². The summed E-state index contributed by atoms with van der Waals surface area (Å²) in [6, 6.07) is 5.45. The summed E-state index contributed by atoms with van der Waals surface area (Å²) in [7, 11) is 0. The first-order chi connectivity index (χ1) is 5.13. The van der Waals surface area contributed by atoms with Gasteiger partial charge in [0.15, 0.2) is 0 Å². The minimum Gasteiger partial charge on any atom is -0.389 e. The summed E-state index contributed by atoms with van der Waals surface area (Å²) >= 11 is 9.14. The van der Waals surface area contributed by atoms with Gasteiger partial charge in [-0.15, -0.1) is 0 Å². The predicted molar refractivity (Wildman–Crippen MR) is 49.8 cm³/mol. The average Bonchev–Trinajstić information content (AvgIpc) is 1.85. The molecule has 0 aromatic heterocycles. The van der Waals surface area contributed by atoms with Gasteiger partial charge in [0.25, 0.3) is 0 Å². The number of aliphatic hydroxyl groups excluding tert-OH is 1. The molecular formula is C8H8BrClO. The molecule has 1 nitrogen and oxygen atoms in total. The molecule has 0 aliphatic heterocycles. The van der Waals surface area contributed by atoms with Gasteiger partial charge in [-0.2, -0.15) is 0 Å². The maximum Gasteiger partial charge on any atom is 0.0787 e. The van der Waals surface area contributed by atoms with E-state index in [4.69, 9.17) is 11.6 Å². The fourth-order valence-electron chi connectivity index (χ4n) is 0.910. The molecule has 0 fully saturated rings. The minimum atomic E-state index is -0.530. The third-order valence-electron chi connectivity index (χ3n) is 1.42. The molecule has 0 aliphatic rings. The zero-order chi connectivity index (χ0) is 8.43. The fraction of sp³-hybridized carbons (Fsp3) is 0.250. The molecule has 0 bridgehead atoms. The molecule has 1 aromatic carbocycles. The highest BCUT2D eigenvalue weighted by Crippen LogP contribution is 2.29. The Kier molecular flexibility index (Phi) is 2.93. The van der Waals surface area contributed by atoms with Crippen LogP contribution in [0.4, 0.5) is 0 Å². The lowest BCUT2D eigenvalue weighted by Crippen LogP contribution is -1.93. The molecule has 0 saturated heterocycles. The van der Waals surface area contributed by atoms with E-state index in [-0.39, 0.29) is 0 Å². The molecule has 0 aliphatic carbocycles. The molecule has 0 heterocycles. The summed E-state index contributed by atoms with van der Waals surface area (Å²) in [6.07, 6.45) is -0.530. The van der Waals surface area contributed by atoms with E-state index in [0.29, 0.717) is 5.02 Å². The van der Waals surface area contributed by atoms with Crippen molar-refractivity contribution >= 4 is 27.5 Å². The standard InChI is InChI=1S/C8H8BrClO/c1-5(11)8-6(9)3-2-4-7(8)10/h2-5,11H,1H3. The zero-order valence-corrected chi connectivity index (χ0v) is 8.35. The van der Waals surface area contributed by atoms with E-state index in [1.807, 2.05) is 12.1 Å². The van der Waals surface area contributed by atoms with Crippen LogP contribution in [0.2, 0.25) is 5.02 Å². The molecule has 11 heavy (non-hydrogen) atoms. The third-order valence-corrected chi connectivity index (χ3v) is 2.44. The molecule has 1 N–H and O–H groups in total. The molecule has 1 aromatic rings. The second-order valence-corrected chi connectivity index (χ2v) is 3.57. The fourth-order valence-corrected chi connectivity index (χ4v) is 2.05. The molecule has 0 saturated carbocycles. The van der Waals surface area contributed by atoms with Crippen molar-refractivity contribution in [1.29, 1.82) is 0 Å². The second kappa shape index (κ2) is 3.57. The summed E-state index contributed by atoms with van der Waals surface area (Å²) < 4.78 is 0.847. The van der Waals surface area contributed by atoms with Crippen molar-refractivity contribution < 1.29 is 5.11 Å². The van der Waals surface area contributed by atoms with Gasteiger partial charge in [-0.1, -0.05) is 33.6 Å². The summed E-state index contributed by atoms with van der Waals surface area (Å²) in [6.45, 7) is 1.69. The van der Waals surface area contributed by atoms with Gasteiger partial charge >= 0.3 is 0 Å². The highest BCUT2D eigenvalue weighted by Gasteiger charge is 2.09. The Morgan fingerprint density at radius 3 is 2.55 bits per heavy atom. The van der Waals surface area contributed by atoms with Gasteiger partial charge in [0.1, 0.15) is 0 Å². The molecule has 1 atom stereocenters. The first-order valence-corrected chi connectivity index (χ1v) is 4.42. The Labute approximate surface area is 79.1 Å². The van der Waals surface area contributed by atoms with E-state index >= 15 is 0 Å². The van der Waals surface area contributed by atoms with Gasteiger partial charge in [0.2, 0.25) is 0 Å². The van der Waals surface area contributed by atoms with Gasteiger partial charge in [-0.05, 0) is 19.1 Å². The van der Waals surface area contributed by atoms with Crippen molar-refractivity contribution in [2.45, 2.75) is 13.0 Å². The number of halogens is 2. The highest BCUT2D eigenvalue weighted by atomic mass is 79.9. The van der Waals surface area contributed by atoms with E-state index in [2.05, 4.69) is 15.9 Å².